The minimum Gasteiger partial charge on any atom is -0.368 e. The van der Waals surface area contributed by atoms with E-state index in [1.54, 1.807) is 0 Å². The standard InChI is InChI=1S/C13H23N3/c1-10-14-12-7-8-16(9-13(12)15-10)11-5-3-2-4-6-11/h11-13H,2-9H2,1H3,(H,14,15). The van der Waals surface area contributed by atoms with Gasteiger partial charge in [0.15, 0.2) is 0 Å². The third-order valence-electron chi connectivity index (χ3n) is 4.45. The molecule has 0 aromatic rings. The van der Waals surface area contributed by atoms with Crippen LogP contribution in [0.4, 0.5) is 0 Å². The van der Waals surface area contributed by atoms with E-state index >= 15 is 0 Å². The number of fused-ring (bicyclic) bond motifs is 1. The Morgan fingerprint density at radius 2 is 2.00 bits per heavy atom. The number of nitrogens with zero attached hydrogens (tertiary/aromatic N) is 2. The number of aliphatic imine (C=N–C) groups is 1. The van der Waals surface area contributed by atoms with Crippen molar-refractivity contribution in [3.8, 4) is 0 Å². The number of likely N-dealkylation sites (tertiary alicyclic amines) is 1. The summed E-state index contributed by atoms with van der Waals surface area (Å²) < 4.78 is 0. The Bertz CT molecular complexity index is 281. The largest absolute Gasteiger partial charge is 0.368 e. The third-order valence-corrected chi connectivity index (χ3v) is 4.45. The van der Waals surface area contributed by atoms with Crippen LogP contribution in [0.5, 0.6) is 0 Å². The zero-order valence-corrected chi connectivity index (χ0v) is 10.3. The fourth-order valence-corrected chi connectivity index (χ4v) is 3.59. The van der Waals surface area contributed by atoms with E-state index in [1.165, 1.54) is 51.6 Å². The number of amidine groups is 1. The highest BCUT2D eigenvalue weighted by molar-refractivity contribution is 5.82. The van der Waals surface area contributed by atoms with Gasteiger partial charge in [-0.3, -0.25) is 9.89 Å². The molecule has 0 aromatic carbocycles. The van der Waals surface area contributed by atoms with Crippen LogP contribution in [0.1, 0.15) is 45.4 Å². The Kier molecular flexibility index (Phi) is 2.88. The summed E-state index contributed by atoms with van der Waals surface area (Å²) in [6.45, 7) is 4.59. The Balaban J connectivity index is 1.59. The summed E-state index contributed by atoms with van der Waals surface area (Å²) in [5, 5.41) is 3.53. The lowest BCUT2D eigenvalue weighted by molar-refractivity contribution is 0.110. The lowest BCUT2D eigenvalue weighted by atomic mass is 9.91. The highest BCUT2D eigenvalue weighted by Gasteiger charge is 2.35. The predicted molar refractivity (Wildman–Crippen MR) is 66.9 cm³/mol. The maximum Gasteiger partial charge on any atom is 0.0939 e. The molecule has 0 amide bonds. The van der Waals surface area contributed by atoms with Crippen molar-refractivity contribution in [1.29, 1.82) is 0 Å². The van der Waals surface area contributed by atoms with E-state index in [0.29, 0.717) is 12.1 Å². The van der Waals surface area contributed by atoms with Gasteiger partial charge in [0, 0.05) is 19.1 Å². The van der Waals surface area contributed by atoms with Crippen LogP contribution in [-0.4, -0.2) is 42.0 Å². The smallest absolute Gasteiger partial charge is 0.0939 e. The Morgan fingerprint density at radius 1 is 1.19 bits per heavy atom. The minimum atomic E-state index is 0.569. The van der Waals surface area contributed by atoms with Crippen molar-refractivity contribution < 1.29 is 0 Å². The van der Waals surface area contributed by atoms with Crippen molar-refractivity contribution >= 4 is 5.84 Å². The number of hydrogen-bond donors (Lipinski definition) is 1. The first-order chi connectivity index (χ1) is 7.83. The molecule has 1 N–H and O–H groups in total. The van der Waals surface area contributed by atoms with Gasteiger partial charge in [0.2, 0.25) is 0 Å². The molecule has 0 radical (unpaired) electrons. The Labute approximate surface area is 98.3 Å². The van der Waals surface area contributed by atoms with Gasteiger partial charge in [0.25, 0.3) is 0 Å². The number of rotatable bonds is 1. The quantitative estimate of drug-likeness (QED) is 0.731. The van der Waals surface area contributed by atoms with Crippen LogP contribution in [0, 0.1) is 0 Å². The summed E-state index contributed by atoms with van der Waals surface area (Å²) in [5.41, 5.74) is 0. The summed E-state index contributed by atoms with van der Waals surface area (Å²) >= 11 is 0. The predicted octanol–water partition coefficient (Wildman–Crippen LogP) is 1.78. The molecule has 0 aromatic heterocycles. The summed E-state index contributed by atoms with van der Waals surface area (Å²) in [4.78, 5) is 7.39. The van der Waals surface area contributed by atoms with Crippen LogP contribution >= 0.6 is 0 Å². The van der Waals surface area contributed by atoms with E-state index < -0.39 is 0 Å². The molecule has 2 unspecified atom stereocenters. The molecule has 2 aliphatic heterocycles. The second-order valence-electron chi connectivity index (χ2n) is 5.61. The van der Waals surface area contributed by atoms with E-state index in [-0.39, 0.29) is 0 Å². The maximum atomic E-state index is 4.67. The van der Waals surface area contributed by atoms with Crippen LogP contribution in [0.3, 0.4) is 0 Å². The second kappa shape index (κ2) is 4.36. The first-order valence-electron chi connectivity index (χ1n) is 6.88. The molecule has 2 atom stereocenters. The first-order valence-corrected chi connectivity index (χ1v) is 6.88. The lowest BCUT2D eigenvalue weighted by Crippen LogP contribution is -2.53. The number of piperidine rings is 1. The molecule has 16 heavy (non-hydrogen) atoms. The fraction of sp³-hybridized carbons (Fsp3) is 0.923. The summed E-state index contributed by atoms with van der Waals surface area (Å²) in [6.07, 6.45) is 8.45. The van der Waals surface area contributed by atoms with Gasteiger partial charge < -0.3 is 5.32 Å². The Hall–Kier alpha value is -0.570. The zero-order valence-electron chi connectivity index (χ0n) is 10.3. The average molecular weight is 221 g/mol. The van der Waals surface area contributed by atoms with Crippen LogP contribution < -0.4 is 5.32 Å². The molecule has 3 nitrogen and oxygen atoms in total. The summed E-state index contributed by atoms with van der Waals surface area (Å²) in [7, 11) is 0. The topological polar surface area (TPSA) is 27.6 Å². The van der Waals surface area contributed by atoms with Gasteiger partial charge >= 0.3 is 0 Å². The van der Waals surface area contributed by atoms with E-state index in [1.807, 2.05) is 0 Å². The molecule has 1 saturated heterocycles. The van der Waals surface area contributed by atoms with Crippen molar-refractivity contribution in [3.63, 3.8) is 0 Å². The molecular formula is C13H23N3. The van der Waals surface area contributed by atoms with Gasteiger partial charge in [0.1, 0.15) is 0 Å². The van der Waals surface area contributed by atoms with Crippen LogP contribution in [0.15, 0.2) is 4.99 Å². The monoisotopic (exact) mass is 221 g/mol. The van der Waals surface area contributed by atoms with E-state index in [4.69, 9.17) is 0 Å². The number of hydrogen-bond acceptors (Lipinski definition) is 3. The molecule has 0 bridgehead atoms. The van der Waals surface area contributed by atoms with Gasteiger partial charge in [-0.1, -0.05) is 19.3 Å². The average Bonchev–Trinajstić information content (AvgIpc) is 2.69. The van der Waals surface area contributed by atoms with Gasteiger partial charge in [-0.15, -0.1) is 0 Å². The molecule has 2 heterocycles. The SMILES string of the molecule is CC1=NC2CCN(C3CCCCC3)CC2N1. The molecule has 3 aliphatic rings. The van der Waals surface area contributed by atoms with Crippen LogP contribution in [0.25, 0.3) is 0 Å². The molecule has 1 aliphatic carbocycles. The van der Waals surface area contributed by atoms with Crippen molar-refractivity contribution in [2.45, 2.75) is 63.6 Å². The van der Waals surface area contributed by atoms with E-state index in [2.05, 4.69) is 22.1 Å². The fourth-order valence-electron chi connectivity index (χ4n) is 3.59. The van der Waals surface area contributed by atoms with Crippen molar-refractivity contribution in [2.24, 2.45) is 4.99 Å². The summed E-state index contributed by atoms with van der Waals surface area (Å²) in [6, 6.07) is 2.05. The van der Waals surface area contributed by atoms with Crippen molar-refractivity contribution in [2.75, 3.05) is 13.1 Å². The highest BCUT2D eigenvalue weighted by atomic mass is 15.2. The molecule has 1 saturated carbocycles. The van der Waals surface area contributed by atoms with E-state index in [9.17, 15) is 0 Å². The molecular weight excluding hydrogens is 198 g/mol. The van der Waals surface area contributed by atoms with Gasteiger partial charge in [-0.2, -0.15) is 0 Å². The molecule has 90 valence electrons. The van der Waals surface area contributed by atoms with Crippen molar-refractivity contribution in [3.05, 3.63) is 0 Å². The third kappa shape index (κ3) is 1.97. The van der Waals surface area contributed by atoms with Crippen LogP contribution in [0.2, 0.25) is 0 Å². The normalized spacial score (nSPS) is 36.7. The van der Waals surface area contributed by atoms with Gasteiger partial charge in [0.05, 0.1) is 17.9 Å². The highest BCUT2D eigenvalue weighted by Crippen LogP contribution is 2.27. The summed E-state index contributed by atoms with van der Waals surface area (Å²) in [5.74, 6) is 1.15. The first kappa shape index (κ1) is 10.6. The molecule has 2 fully saturated rings. The minimum absolute atomic E-state index is 0.569. The molecule has 0 spiro atoms. The van der Waals surface area contributed by atoms with Gasteiger partial charge in [-0.25, -0.2) is 0 Å². The van der Waals surface area contributed by atoms with Crippen molar-refractivity contribution in [1.82, 2.24) is 10.2 Å². The Morgan fingerprint density at radius 3 is 2.81 bits per heavy atom. The lowest BCUT2D eigenvalue weighted by Gasteiger charge is -2.40. The maximum absolute atomic E-state index is 4.67. The second-order valence-corrected chi connectivity index (χ2v) is 5.61. The molecule has 3 heteroatoms. The molecule has 3 rings (SSSR count). The van der Waals surface area contributed by atoms with Gasteiger partial charge in [-0.05, 0) is 26.2 Å². The van der Waals surface area contributed by atoms with E-state index in [0.717, 1.165) is 11.9 Å². The number of nitrogens with one attached hydrogen (secondary N) is 1. The van der Waals surface area contributed by atoms with Crippen LogP contribution in [-0.2, 0) is 0 Å². The zero-order chi connectivity index (χ0) is 11.0.